The van der Waals surface area contributed by atoms with Crippen LogP contribution in [0.3, 0.4) is 0 Å². The molecule has 0 radical (unpaired) electrons. The Hall–Kier alpha value is -1.09. The van der Waals surface area contributed by atoms with Gasteiger partial charge >= 0.3 is 25.3 Å². The van der Waals surface area contributed by atoms with Crippen LogP contribution in [0.4, 0.5) is 11.6 Å². The molecule has 0 saturated carbocycles. The van der Waals surface area contributed by atoms with Crippen LogP contribution in [-0.2, 0) is 60.4 Å². The fraction of sp³-hybridized carbons (Fsp3) is 0. The van der Waals surface area contributed by atoms with E-state index in [1.165, 1.54) is 48.5 Å². The summed E-state index contributed by atoms with van der Waals surface area (Å²) in [5, 5.41) is 21.0. The van der Waals surface area contributed by atoms with E-state index in [9.17, 15) is 0 Å². The monoisotopic (exact) mass is 746 g/mol. The van der Waals surface area contributed by atoms with Crippen molar-refractivity contribution in [2.24, 2.45) is 0 Å². The van der Waals surface area contributed by atoms with E-state index >= 15 is 0 Å². The van der Waals surface area contributed by atoms with E-state index < -0.39 is 18.5 Å². The third-order valence-electron chi connectivity index (χ3n) is 2.82. The minimum absolute atomic E-state index is 0.0443. The van der Waals surface area contributed by atoms with E-state index in [0.29, 0.717) is 0 Å². The summed E-state index contributed by atoms with van der Waals surface area (Å²) in [6, 6.07) is 0. The van der Waals surface area contributed by atoms with E-state index in [1.54, 1.807) is 0 Å². The predicted octanol–water partition coefficient (Wildman–Crippen LogP) is 0.504. The molecule has 0 aliphatic heterocycles. The number of nitrogens with one attached hydrogen (secondary N) is 2. The number of hydroxylamine groups is 2. The van der Waals surface area contributed by atoms with Crippen LogP contribution in [0.2, 0.25) is 0 Å². The third-order valence-corrected chi connectivity index (χ3v) is 4.17. The van der Waals surface area contributed by atoms with Crippen LogP contribution in [0.1, 0.15) is 0 Å². The van der Waals surface area contributed by atoms with Gasteiger partial charge in [-0.1, -0.05) is 11.3 Å². The van der Waals surface area contributed by atoms with Crippen LogP contribution in [0, 0.1) is 0 Å². The Bertz CT molecular complexity index is 982. The zero-order chi connectivity index (χ0) is 28.4. The summed E-state index contributed by atoms with van der Waals surface area (Å²) in [7, 11) is 0. The molecule has 0 bridgehead atoms. The number of thiol groups is 2. The second-order valence-corrected chi connectivity index (χ2v) is 9.45. The van der Waals surface area contributed by atoms with Crippen LogP contribution < -0.4 is 21.3 Å². The van der Waals surface area contributed by atoms with Gasteiger partial charge in [-0.3, -0.25) is 20.4 Å². The van der Waals surface area contributed by atoms with E-state index in [4.69, 9.17) is 91.3 Å². The van der Waals surface area contributed by atoms with Gasteiger partial charge in [0.05, 0.1) is 12.4 Å². The Labute approximate surface area is 260 Å². The number of aromatic nitrogens is 4. The summed E-state index contributed by atoms with van der Waals surface area (Å²) in [4.78, 5) is 24.8. The maximum absolute atomic E-state index is 8.52. The molecule has 200 valence electrons. The van der Waals surface area contributed by atoms with Crippen LogP contribution in [-0.4, -0.2) is 58.0 Å². The molecule has 2 aromatic heterocycles. The fourth-order valence-electron chi connectivity index (χ4n) is 1.73. The van der Waals surface area contributed by atoms with Crippen LogP contribution >= 0.6 is 74.1 Å². The summed E-state index contributed by atoms with van der Waals surface area (Å²) >= 11 is 34.8. The Balaban J connectivity index is 0.000000633. The summed E-state index contributed by atoms with van der Waals surface area (Å²) < 4.78 is 16.8. The molecule has 0 aliphatic rings. The molecular formula is C12H12MoN10O6S8. The van der Waals surface area contributed by atoms with Gasteiger partial charge < -0.3 is 49.7 Å². The number of hydrazine groups is 2. The molecule has 2 heterocycles. The van der Waals surface area contributed by atoms with Gasteiger partial charge in [0.2, 0.25) is 0 Å². The average Bonchev–Trinajstić information content (AvgIpc) is 2.85. The molecule has 0 aliphatic carbocycles. The normalized spacial score (nSPS) is 9.19. The molecule has 37 heavy (non-hydrogen) atoms. The standard InChI is InChI=1S/2C6H7N5O2S4.Mo.2O/c2*12-9-13-11(6(16)17)10(5(14)15)4-3-7-1-2-8-4;;;/h2*1-3,9,12H,(H,14,15)(H,16,17);;;/q;;+2;;/p-2. The number of hydrogen-bond acceptors (Lipinski definition) is 18. The van der Waals surface area contributed by atoms with E-state index in [-0.39, 0.29) is 28.9 Å². The molecule has 0 aromatic carbocycles. The molecule has 0 amide bonds. The van der Waals surface area contributed by atoms with E-state index in [0.717, 1.165) is 20.4 Å². The molecule has 4 N–H and O–H groups in total. The van der Waals surface area contributed by atoms with Crippen LogP contribution in [0.15, 0.2) is 37.2 Å². The van der Waals surface area contributed by atoms with Gasteiger partial charge in [-0.05, 0) is 33.1 Å². The van der Waals surface area contributed by atoms with Crippen molar-refractivity contribution in [3.8, 4) is 0 Å². The molecule has 0 unspecified atom stereocenters. The van der Waals surface area contributed by atoms with E-state index in [2.05, 4.69) is 55.1 Å². The number of thiocarbonyl (C=S) groups is 4. The van der Waals surface area contributed by atoms with Crippen molar-refractivity contribution in [2.75, 3.05) is 10.0 Å². The SMILES string of the molecule is ONON(C(=S)S)N(C(=S)[S-])c1cnccn1.ONON(C(=S)S)N(C(=S)[S-])c1cnccn1.[O]=[Mo+2]=[O]. The zero-order valence-electron chi connectivity index (χ0n) is 17.3. The van der Waals surface area contributed by atoms with Crippen molar-refractivity contribution in [2.45, 2.75) is 0 Å². The predicted molar refractivity (Wildman–Crippen MR) is 149 cm³/mol. The quantitative estimate of drug-likeness (QED) is 0.0791. The van der Waals surface area contributed by atoms with Gasteiger partial charge in [0.25, 0.3) is 0 Å². The van der Waals surface area contributed by atoms with Gasteiger partial charge in [-0.15, -0.1) is 45.5 Å². The first-order chi connectivity index (χ1) is 17.6. The summed E-state index contributed by atoms with van der Waals surface area (Å²) in [5.74, 6) is 0.526. The first-order valence-electron chi connectivity index (χ1n) is 8.21. The fourth-order valence-corrected chi connectivity index (χ4v) is 2.90. The molecule has 0 spiro atoms. The summed E-state index contributed by atoms with van der Waals surface area (Å²) in [6.45, 7) is 0. The van der Waals surface area contributed by atoms with Gasteiger partial charge in [0.1, 0.15) is 0 Å². The van der Waals surface area contributed by atoms with Crippen molar-refractivity contribution in [3.63, 3.8) is 0 Å². The second-order valence-electron chi connectivity index (χ2n) is 4.83. The minimum atomic E-state index is -2.03. The van der Waals surface area contributed by atoms with Crippen molar-refractivity contribution < 1.29 is 45.6 Å². The second kappa shape index (κ2) is 20.8. The van der Waals surface area contributed by atoms with Gasteiger partial charge in [0.15, 0.2) is 20.3 Å². The molecule has 0 saturated heterocycles. The van der Waals surface area contributed by atoms with Crippen molar-refractivity contribution in [3.05, 3.63) is 37.2 Å². The molecule has 16 nitrogen and oxygen atoms in total. The zero-order valence-corrected chi connectivity index (χ0v) is 26.0. The molecule has 0 atom stereocenters. The van der Waals surface area contributed by atoms with E-state index in [1.807, 2.05) is 0 Å². The summed E-state index contributed by atoms with van der Waals surface area (Å²) in [6.07, 6.45) is 8.59. The number of nitrogens with zero attached hydrogens (tertiary/aromatic N) is 8. The van der Waals surface area contributed by atoms with Crippen LogP contribution in [0.25, 0.3) is 0 Å². The van der Waals surface area contributed by atoms with Gasteiger partial charge in [-0.2, -0.15) is 0 Å². The Kier molecular flexibility index (Phi) is 20.2. The first-order valence-corrected chi connectivity index (χ1v) is 13.2. The number of anilines is 2. The first kappa shape index (κ1) is 35.9. The van der Waals surface area contributed by atoms with Gasteiger partial charge in [0, 0.05) is 24.8 Å². The Morgan fingerprint density at radius 3 is 1.32 bits per heavy atom. The van der Waals surface area contributed by atoms with Gasteiger partial charge in [-0.25, -0.2) is 20.0 Å². The van der Waals surface area contributed by atoms with Crippen molar-refractivity contribution >= 4 is 128 Å². The molecular weight excluding hydrogens is 733 g/mol. The molecule has 25 heteroatoms. The molecule has 2 aromatic rings. The summed E-state index contributed by atoms with van der Waals surface area (Å²) in [5.41, 5.74) is 2.90. The Morgan fingerprint density at radius 2 is 1.14 bits per heavy atom. The maximum atomic E-state index is 8.52. The third kappa shape index (κ3) is 13.5. The molecule has 0 fully saturated rings. The van der Waals surface area contributed by atoms with Crippen molar-refractivity contribution in [1.82, 2.24) is 41.6 Å². The average molecular weight is 745 g/mol. The van der Waals surface area contributed by atoms with Crippen LogP contribution in [0.5, 0.6) is 0 Å². The van der Waals surface area contributed by atoms with Crippen molar-refractivity contribution in [1.29, 1.82) is 0 Å². The molecule has 2 rings (SSSR count). The number of hydrogen-bond donors (Lipinski definition) is 6. The Morgan fingerprint density at radius 1 is 0.811 bits per heavy atom. The topological polar surface area (TPSA) is 182 Å². The number of rotatable bonds is 6.